The molecule has 0 aliphatic heterocycles. The van der Waals surface area contributed by atoms with Gasteiger partial charge < -0.3 is 10.6 Å². The number of halogens is 1. The first-order chi connectivity index (χ1) is 9.65. The van der Waals surface area contributed by atoms with Crippen LogP contribution in [-0.4, -0.2) is 12.5 Å². The zero-order valence-corrected chi connectivity index (χ0v) is 12.0. The third kappa shape index (κ3) is 4.28. The summed E-state index contributed by atoms with van der Waals surface area (Å²) in [6.45, 7) is 2.18. The lowest BCUT2D eigenvalue weighted by atomic mass is 10.1. The van der Waals surface area contributed by atoms with Crippen molar-refractivity contribution in [2.75, 3.05) is 11.9 Å². The van der Waals surface area contributed by atoms with Crippen LogP contribution in [0.4, 0.5) is 5.69 Å². The van der Waals surface area contributed by atoms with Gasteiger partial charge in [-0.05, 0) is 30.7 Å². The van der Waals surface area contributed by atoms with Crippen molar-refractivity contribution in [2.45, 2.75) is 13.0 Å². The van der Waals surface area contributed by atoms with E-state index in [1.54, 1.807) is 12.1 Å². The van der Waals surface area contributed by atoms with Gasteiger partial charge in [0.1, 0.15) is 0 Å². The Bertz CT molecular complexity index is 572. The van der Waals surface area contributed by atoms with E-state index in [9.17, 15) is 4.79 Å². The highest BCUT2D eigenvalue weighted by atomic mass is 35.5. The summed E-state index contributed by atoms with van der Waals surface area (Å²) in [5.41, 5.74) is 1.92. The molecule has 0 bridgehead atoms. The van der Waals surface area contributed by atoms with Gasteiger partial charge in [-0.15, -0.1) is 0 Å². The van der Waals surface area contributed by atoms with Crippen molar-refractivity contribution in [3.05, 3.63) is 65.2 Å². The van der Waals surface area contributed by atoms with E-state index in [1.807, 2.05) is 49.4 Å². The molecule has 20 heavy (non-hydrogen) atoms. The van der Waals surface area contributed by atoms with Crippen LogP contribution in [0.15, 0.2) is 54.6 Å². The van der Waals surface area contributed by atoms with Crippen molar-refractivity contribution in [1.82, 2.24) is 5.32 Å². The molecule has 0 saturated heterocycles. The first-order valence-corrected chi connectivity index (χ1v) is 6.86. The lowest BCUT2D eigenvalue weighted by molar-refractivity contribution is -0.120. The third-order valence-corrected chi connectivity index (χ3v) is 3.19. The maximum absolute atomic E-state index is 11.9. The SMILES string of the molecule is C[C@@H](NC(=O)CNc1cccc(Cl)c1)c1ccccc1. The van der Waals surface area contributed by atoms with Crippen LogP contribution >= 0.6 is 11.6 Å². The van der Waals surface area contributed by atoms with E-state index >= 15 is 0 Å². The molecule has 0 fully saturated rings. The molecule has 104 valence electrons. The Morgan fingerprint density at radius 3 is 2.60 bits per heavy atom. The molecular weight excluding hydrogens is 272 g/mol. The number of anilines is 1. The van der Waals surface area contributed by atoms with E-state index in [2.05, 4.69) is 10.6 Å². The minimum absolute atomic E-state index is 0.00939. The molecule has 3 nitrogen and oxygen atoms in total. The highest BCUT2D eigenvalue weighted by Gasteiger charge is 2.08. The summed E-state index contributed by atoms with van der Waals surface area (Å²) in [4.78, 5) is 11.9. The van der Waals surface area contributed by atoms with Gasteiger partial charge >= 0.3 is 0 Å². The molecule has 1 amide bonds. The number of hydrogen-bond acceptors (Lipinski definition) is 2. The molecule has 0 spiro atoms. The van der Waals surface area contributed by atoms with Gasteiger partial charge in [0, 0.05) is 10.7 Å². The molecular formula is C16H17ClN2O. The molecule has 0 aliphatic carbocycles. The maximum Gasteiger partial charge on any atom is 0.239 e. The molecule has 0 aromatic heterocycles. The van der Waals surface area contributed by atoms with Crippen LogP contribution in [0.3, 0.4) is 0 Å². The average Bonchev–Trinajstić information content (AvgIpc) is 2.46. The summed E-state index contributed by atoms with van der Waals surface area (Å²) in [5, 5.41) is 6.64. The van der Waals surface area contributed by atoms with E-state index in [0.29, 0.717) is 5.02 Å². The lowest BCUT2D eigenvalue weighted by Gasteiger charge is -2.15. The lowest BCUT2D eigenvalue weighted by Crippen LogP contribution is -2.32. The Labute approximate surface area is 124 Å². The second-order valence-corrected chi connectivity index (χ2v) is 5.00. The fraction of sp³-hybridized carbons (Fsp3) is 0.188. The fourth-order valence-corrected chi connectivity index (χ4v) is 2.09. The van der Waals surface area contributed by atoms with Gasteiger partial charge in [-0.25, -0.2) is 0 Å². The number of carbonyl (C=O) groups is 1. The van der Waals surface area contributed by atoms with Gasteiger partial charge in [0.2, 0.25) is 5.91 Å². The highest BCUT2D eigenvalue weighted by Crippen LogP contribution is 2.15. The summed E-state index contributed by atoms with van der Waals surface area (Å²) >= 11 is 5.88. The van der Waals surface area contributed by atoms with E-state index in [1.165, 1.54) is 0 Å². The molecule has 0 radical (unpaired) electrons. The van der Waals surface area contributed by atoms with Crippen molar-refractivity contribution >= 4 is 23.2 Å². The quantitative estimate of drug-likeness (QED) is 0.882. The summed E-state index contributed by atoms with van der Waals surface area (Å²) in [6.07, 6.45) is 0. The number of rotatable bonds is 5. The zero-order chi connectivity index (χ0) is 14.4. The van der Waals surface area contributed by atoms with Gasteiger partial charge in [-0.1, -0.05) is 48.0 Å². The van der Waals surface area contributed by atoms with Crippen molar-refractivity contribution < 1.29 is 4.79 Å². The predicted molar refractivity (Wildman–Crippen MR) is 82.9 cm³/mol. The largest absolute Gasteiger partial charge is 0.376 e. The van der Waals surface area contributed by atoms with Gasteiger partial charge in [0.05, 0.1) is 12.6 Å². The van der Waals surface area contributed by atoms with Crippen LogP contribution in [0.25, 0.3) is 0 Å². The van der Waals surface area contributed by atoms with Crippen molar-refractivity contribution in [1.29, 1.82) is 0 Å². The van der Waals surface area contributed by atoms with Crippen LogP contribution in [0.1, 0.15) is 18.5 Å². The minimum atomic E-state index is -0.0543. The van der Waals surface area contributed by atoms with Crippen LogP contribution in [0.5, 0.6) is 0 Å². The second-order valence-electron chi connectivity index (χ2n) is 4.56. The molecule has 0 unspecified atom stereocenters. The fourth-order valence-electron chi connectivity index (χ4n) is 1.90. The maximum atomic E-state index is 11.9. The molecule has 2 rings (SSSR count). The van der Waals surface area contributed by atoms with E-state index in [-0.39, 0.29) is 18.5 Å². The number of benzene rings is 2. The van der Waals surface area contributed by atoms with E-state index < -0.39 is 0 Å². The topological polar surface area (TPSA) is 41.1 Å². The van der Waals surface area contributed by atoms with Gasteiger partial charge in [-0.2, -0.15) is 0 Å². The normalized spacial score (nSPS) is 11.7. The van der Waals surface area contributed by atoms with Gasteiger partial charge in [-0.3, -0.25) is 4.79 Å². The van der Waals surface area contributed by atoms with Crippen LogP contribution in [0, 0.1) is 0 Å². The molecule has 1 atom stereocenters. The van der Waals surface area contributed by atoms with Crippen LogP contribution in [-0.2, 0) is 4.79 Å². The average molecular weight is 289 g/mol. The Morgan fingerprint density at radius 2 is 1.90 bits per heavy atom. The summed E-state index contributed by atoms with van der Waals surface area (Å²) < 4.78 is 0. The van der Waals surface area contributed by atoms with Crippen LogP contribution < -0.4 is 10.6 Å². The standard InChI is InChI=1S/C16H17ClN2O/c1-12(13-6-3-2-4-7-13)19-16(20)11-18-15-9-5-8-14(17)10-15/h2-10,12,18H,11H2,1H3,(H,19,20)/t12-/m1/s1. The van der Waals surface area contributed by atoms with Gasteiger partial charge in [0.15, 0.2) is 0 Å². The monoisotopic (exact) mass is 288 g/mol. The predicted octanol–water partition coefficient (Wildman–Crippen LogP) is 3.63. The number of carbonyl (C=O) groups excluding carboxylic acids is 1. The zero-order valence-electron chi connectivity index (χ0n) is 11.3. The second kappa shape index (κ2) is 6.96. The van der Waals surface area contributed by atoms with Crippen molar-refractivity contribution in [3.8, 4) is 0 Å². The number of hydrogen-bond donors (Lipinski definition) is 2. The summed E-state index contributed by atoms with van der Waals surface area (Å²) in [6, 6.07) is 17.2. The summed E-state index contributed by atoms with van der Waals surface area (Å²) in [7, 11) is 0. The Balaban J connectivity index is 1.84. The first kappa shape index (κ1) is 14.4. The van der Waals surface area contributed by atoms with E-state index in [0.717, 1.165) is 11.3 Å². The molecule has 2 N–H and O–H groups in total. The molecule has 2 aromatic carbocycles. The minimum Gasteiger partial charge on any atom is -0.376 e. The Hall–Kier alpha value is -2.00. The molecule has 0 saturated carbocycles. The smallest absolute Gasteiger partial charge is 0.239 e. The molecule has 2 aromatic rings. The van der Waals surface area contributed by atoms with Crippen LogP contribution in [0.2, 0.25) is 5.02 Å². The van der Waals surface area contributed by atoms with E-state index in [4.69, 9.17) is 11.6 Å². The summed E-state index contributed by atoms with van der Waals surface area (Å²) in [5.74, 6) is -0.0543. The van der Waals surface area contributed by atoms with Crippen molar-refractivity contribution in [2.24, 2.45) is 0 Å². The number of amides is 1. The first-order valence-electron chi connectivity index (χ1n) is 6.49. The molecule has 4 heteroatoms. The Kier molecular flexibility index (Phi) is 5.02. The molecule has 0 heterocycles. The van der Waals surface area contributed by atoms with Gasteiger partial charge in [0.25, 0.3) is 0 Å². The van der Waals surface area contributed by atoms with Crippen molar-refractivity contribution in [3.63, 3.8) is 0 Å². The third-order valence-electron chi connectivity index (χ3n) is 2.95. The Morgan fingerprint density at radius 1 is 1.15 bits per heavy atom. The number of nitrogens with one attached hydrogen (secondary N) is 2. The molecule has 0 aliphatic rings. The highest BCUT2D eigenvalue weighted by molar-refractivity contribution is 6.30.